The van der Waals surface area contributed by atoms with E-state index in [1.54, 1.807) is 17.4 Å². The van der Waals surface area contributed by atoms with Crippen LogP contribution < -0.4 is 10.6 Å². The third-order valence-corrected chi connectivity index (χ3v) is 8.13. The first-order valence-corrected chi connectivity index (χ1v) is 13.6. The second-order valence-electron chi connectivity index (χ2n) is 10.3. The molecule has 1 saturated carbocycles. The second-order valence-corrected chi connectivity index (χ2v) is 11.4. The molecular weight excluding hydrogens is 505 g/mol. The van der Waals surface area contributed by atoms with Crippen LogP contribution in [0.2, 0.25) is 0 Å². The molecule has 1 aliphatic heterocycles. The normalized spacial score (nSPS) is 24.0. The van der Waals surface area contributed by atoms with Crippen LogP contribution in [0.1, 0.15) is 31.5 Å². The van der Waals surface area contributed by atoms with Crippen molar-refractivity contribution in [1.82, 2.24) is 15.0 Å². The molecule has 1 saturated heterocycles. The molecule has 2 aliphatic rings. The molecule has 6 rings (SSSR count). The molecule has 3 N–H and O–H groups in total. The fraction of sp³-hybridized carbons (Fsp3) is 0.393. The van der Waals surface area contributed by atoms with Crippen LogP contribution in [0.3, 0.4) is 0 Å². The molecule has 0 radical (unpaired) electrons. The van der Waals surface area contributed by atoms with Crippen LogP contribution in [-0.4, -0.2) is 50.7 Å². The highest BCUT2D eigenvalue weighted by Gasteiger charge is 2.54. The Morgan fingerprint density at radius 2 is 1.89 bits per heavy atom. The molecule has 198 valence electrons. The summed E-state index contributed by atoms with van der Waals surface area (Å²) in [4.78, 5) is 14.5. The van der Waals surface area contributed by atoms with E-state index >= 15 is 0 Å². The van der Waals surface area contributed by atoms with E-state index in [-0.39, 0.29) is 36.6 Å². The summed E-state index contributed by atoms with van der Waals surface area (Å²) in [6.07, 6.45) is 0.243. The highest BCUT2D eigenvalue weighted by atomic mass is 32.1. The highest BCUT2D eigenvalue weighted by Crippen LogP contribution is 2.44. The van der Waals surface area contributed by atoms with E-state index in [9.17, 15) is 9.50 Å². The number of hydrogen-bond acceptors (Lipinski definition) is 9. The van der Waals surface area contributed by atoms with Gasteiger partial charge >= 0.3 is 0 Å². The Bertz CT molecular complexity index is 1450. The first-order valence-electron chi connectivity index (χ1n) is 12.8. The van der Waals surface area contributed by atoms with Crippen molar-refractivity contribution < 1.29 is 19.0 Å². The van der Waals surface area contributed by atoms with Gasteiger partial charge in [-0.25, -0.2) is 14.4 Å². The summed E-state index contributed by atoms with van der Waals surface area (Å²) in [5.74, 6) is 0.00731. The van der Waals surface area contributed by atoms with Gasteiger partial charge in [0.2, 0.25) is 5.95 Å². The summed E-state index contributed by atoms with van der Waals surface area (Å²) < 4.78 is 27.2. The molecule has 8 nitrogen and oxygen atoms in total. The Kier molecular flexibility index (Phi) is 6.51. The number of benzene rings is 2. The van der Waals surface area contributed by atoms with E-state index in [2.05, 4.69) is 10.6 Å². The largest absolute Gasteiger partial charge is 0.396 e. The van der Waals surface area contributed by atoms with E-state index in [4.69, 9.17) is 24.4 Å². The lowest BCUT2D eigenvalue weighted by molar-refractivity contribution is -0.158. The van der Waals surface area contributed by atoms with Crippen molar-refractivity contribution >= 4 is 33.3 Å². The van der Waals surface area contributed by atoms with E-state index in [1.165, 1.54) is 12.1 Å². The van der Waals surface area contributed by atoms with E-state index < -0.39 is 5.79 Å². The first-order chi connectivity index (χ1) is 18.3. The van der Waals surface area contributed by atoms with Crippen LogP contribution in [0.5, 0.6) is 0 Å². The molecule has 3 heterocycles. The third-order valence-electron chi connectivity index (χ3n) is 7.08. The van der Waals surface area contributed by atoms with Crippen LogP contribution in [0.4, 0.5) is 16.2 Å². The summed E-state index contributed by atoms with van der Waals surface area (Å²) in [5.41, 5.74) is 3.30. The average molecular weight is 536 g/mol. The fourth-order valence-electron chi connectivity index (χ4n) is 5.40. The quantitative estimate of drug-likeness (QED) is 0.300. The Hall–Kier alpha value is -3.18. The molecule has 0 bridgehead atoms. The van der Waals surface area contributed by atoms with Crippen LogP contribution in [0, 0.1) is 18.7 Å². The zero-order chi connectivity index (χ0) is 26.4. The van der Waals surface area contributed by atoms with Gasteiger partial charge < -0.3 is 25.2 Å². The number of aromatic nitrogens is 3. The third kappa shape index (κ3) is 4.84. The lowest BCUT2D eigenvalue weighted by Gasteiger charge is -2.25. The van der Waals surface area contributed by atoms with Crippen LogP contribution in [0.15, 0.2) is 48.5 Å². The molecule has 10 heteroatoms. The zero-order valence-corrected chi connectivity index (χ0v) is 22.3. The van der Waals surface area contributed by atoms with Crippen molar-refractivity contribution in [2.75, 3.05) is 17.2 Å². The minimum absolute atomic E-state index is 0.0206. The average Bonchev–Trinajstić information content (AvgIpc) is 3.53. The number of ether oxygens (including phenoxy) is 2. The standard InChI is InChI=1S/C28H30FN5O3S/c1-15-22(26-33-19-9-4-5-10-21(19)38-26)25(34-27(31-15)30-13-16-7-6-8-18(29)11-16)32-20-12-17(14-35)23-24(20)37-28(2,3)36-23/h4-11,17,20,23-24,35H,12-14H2,1-3H3,(H2,30,31,32,34)/t17-,20-,23-,24+/m1/s1. The van der Waals surface area contributed by atoms with Crippen molar-refractivity contribution in [2.24, 2.45) is 5.92 Å². The number of para-hydroxylation sites is 1. The summed E-state index contributed by atoms with van der Waals surface area (Å²) >= 11 is 1.59. The fourth-order valence-corrected chi connectivity index (χ4v) is 6.47. The minimum atomic E-state index is -0.724. The Morgan fingerprint density at radius 1 is 1.08 bits per heavy atom. The van der Waals surface area contributed by atoms with Crippen molar-refractivity contribution in [2.45, 2.75) is 57.8 Å². The van der Waals surface area contributed by atoms with Gasteiger partial charge in [-0.2, -0.15) is 4.98 Å². The van der Waals surface area contributed by atoms with Crippen LogP contribution in [-0.2, 0) is 16.0 Å². The van der Waals surface area contributed by atoms with Gasteiger partial charge in [0.05, 0.1) is 33.6 Å². The van der Waals surface area contributed by atoms with Crippen molar-refractivity contribution in [3.63, 3.8) is 0 Å². The number of hydrogen-bond donors (Lipinski definition) is 3. The van der Waals surface area contributed by atoms with Gasteiger partial charge in [-0.05, 0) is 57.0 Å². The van der Waals surface area contributed by atoms with E-state index in [1.807, 2.05) is 51.1 Å². The lowest BCUT2D eigenvalue weighted by Crippen LogP contribution is -2.35. The Morgan fingerprint density at radius 3 is 2.68 bits per heavy atom. The van der Waals surface area contributed by atoms with Gasteiger partial charge in [-0.1, -0.05) is 24.3 Å². The number of rotatable bonds is 7. The SMILES string of the molecule is Cc1nc(NCc2cccc(F)c2)nc(N[C@@H]2C[C@H](CO)[C@H]3OC(C)(C)O[C@H]32)c1-c1nc2ccccc2s1. The molecule has 0 amide bonds. The lowest BCUT2D eigenvalue weighted by atomic mass is 10.1. The second kappa shape index (κ2) is 9.85. The molecule has 1 aliphatic carbocycles. The number of aliphatic hydroxyl groups excluding tert-OH is 1. The van der Waals surface area contributed by atoms with E-state index in [0.29, 0.717) is 24.7 Å². The van der Waals surface area contributed by atoms with Crippen molar-refractivity contribution in [1.29, 1.82) is 0 Å². The first kappa shape index (κ1) is 25.1. The molecule has 2 fully saturated rings. The van der Waals surface area contributed by atoms with Gasteiger partial charge in [0.15, 0.2) is 5.79 Å². The molecular formula is C28H30FN5O3S. The monoisotopic (exact) mass is 535 g/mol. The molecule has 0 unspecified atom stereocenters. The number of halogens is 1. The highest BCUT2D eigenvalue weighted by molar-refractivity contribution is 7.21. The van der Waals surface area contributed by atoms with Crippen molar-refractivity contribution in [3.05, 3.63) is 65.6 Å². The number of anilines is 2. The number of thiazole rings is 1. The smallest absolute Gasteiger partial charge is 0.225 e. The maximum absolute atomic E-state index is 13.7. The van der Waals surface area contributed by atoms with Gasteiger partial charge in [-0.3, -0.25) is 0 Å². The Labute approximate surface area is 224 Å². The number of nitrogens with zero attached hydrogens (tertiary/aromatic N) is 3. The summed E-state index contributed by atoms with van der Waals surface area (Å²) in [7, 11) is 0. The van der Waals surface area contributed by atoms with E-state index in [0.717, 1.165) is 32.0 Å². The predicted molar refractivity (Wildman–Crippen MR) is 146 cm³/mol. The summed E-state index contributed by atoms with van der Waals surface area (Å²) in [6.45, 7) is 6.13. The number of aryl methyl sites for hydroxylation is 1. The molecule has 2 aromatic heterocycles. The van der Waals surface area contributed by atoms with Crippen LogP contribution in [0.25, 0.3) is 20.8 Å². The van der Waals surface area contributed by atoms with Gasteiger partial charge in [0, 0.05) is 19.1 Å². The van der Waals surface area contributed by atoms with Gasteiger partial charge in [0.1, 0.15) is 22.7 Å². The number of nitrogens with one attached hydrogen (secondary N) is 2. The molecule has 0 spiro atoms. The molecule has 2 aromatic carbocycles. The summed E-state index contributed by atoms with van der Waals surface area (Å²) in [5, 5.41) is 17.7. The van der Waals surface area contributed by atoms with Gasteiger partial charge in [-0.15, -0.1) is 11.3 Å². The van der Waals surface area contributed by atoms with Crippen molar-refractivity contribution in [3.8, 4) is 10.6 Å². The number of fused-ring (bicyclic) bond motifs is 2. The minimum Gasteiger partial charge on any atom is -0.396 e. The number of aliphatic hydroxyl groups is 1. The predicted octanol–water partition coefficient (Wildman–Crippen LogP) is 5.13. The molecule has 4 aromatic rings. The zero-order valence-electron chi connectivity index (χ0n) is 21.4. The maximum Gasteiger partial charge on any atom is 0.225 e. The topological polar surface area (TPSA) is 101 Å². The summed E-state index contributed by atoms with van der Waals surface area (Å²) in [6, 6.07) is 14.3. The molecule has 38 heavy (non-hydrogen) atoms. The molecule has 4 atom stereocenters. The Balaban J connectivity index is 1.36. The van der Waals surface area contributed by atoms with Crippen LogP contribution >= 0.6 is 11.3 Å². The maximum atomic E-state index is 13.7. The van der Waals surface area contributed by atoms with Gasteiger partial charge in [0.25, 0.3) is 0 Å².